The van der Waals surface area contributed by atoms with Crippen molar-refractivity contribution in [3.63, 3.8) is 0 Å². The molecule has 1 aliphatic carbocycles. The van der Waals surface area contributed by atoms with E-state index < -0.39 is 52.8 Å². The first-order chi connectivity index (χ1) is 15.2. The molecular weight excluding hydrogens is 414 g/mol. The van der Waals surface area contributed by atoms with Crippen LogP contribution in [0.15, 0.2) is 36.4 Å². The van der Waals surface area contributed by atoms with Crippen molar-refractivity contribution >= 4 is 35.9 Å². The van der Waals surface area contributed by atoms with Gasteiger partial charge in [-0.25, -0.2) is 9.59 Å². The minimum atomic E-state index is -1.19. The summed E-state index contributed by atoms with van der Waals surface area (Å²) < 4.78 is 0. The fourth-order valence-corrected chi connectivity index (χ4v) is 5.71. The van der Waals surface area contributed by atoms with Gasteiger partial charge in [-0.2, -0.15) is 0 Å². The normalized spacial score (nSPS) is 35.5. The molecule has 0 spiro atoms. The Labute approximate surface area is 184 Å². The first kappa shape index (κ1) is 20.2. The van der Waals surface area contributed by atoms with E-state index in [0.717, 1.165) is 5.56 Å². The summed E-state index contributed by atoms with van der Waals surface area (Å²) in [5, 5.41) is 7.56. The summed E-state index contributed by atoms with van der Waals surface area (Å²) in [4.78, 5) is 66.6. The van der Waals surface area contributed by atoms with Gasteiger partial charge in [0.1, 0.15) is 0 Å². The van der Waals surface area contributed by atoms with E-state index in [4.69, 9.17) is 0 Å². The predicted molar refractivity (Wildman–Crippen MR) is 112 cm³/mol. The molecule has 3 heterocycles. The third-order valence-electron chi connectivity index (χ3n) is 7.55. The van der Waals surface area contributed by atoms with Crippen molar-refractivity contribution < 1.29 is 24.0 Å². The van der Waals surface area contributed by atoms with Crippen molar-refractivity contribution in [2.75, 3.05) is 13.1 Å². The molecule has 4 aliphatic rings. The molecule has 10 heteroatoms. The predicted octanol–water partition coefficient (Wildman–Crippen LogP) is 0.0652. The van der Waals surface area contributed by atoms with Gasteiger partial charge in [0.2, 0.25) is 17.7 Å². The van der Waals surface area contributed by atoms with Crippen LogP contribution in [0.4, 0.5) is 9.59 Å². The number of rotatable bonds is 3. The number of benzene rings is 1. The van der Waals surface area contributed by atoms with E-state index in [0.29, 0.717) is 0 Å². The fourth-order valence-electron chi connectivity index (χ4n) is 5.71. The SMILES string of the molecule is CC12C(=O)NC(=O)N3CC(NC(=O)/C=C/c4ccccc4)CN4C(=O)NC(=O)C1(C)C4C32. The Balaban J connectivity index is 1.45. The second-order valence-electron chi connectivity index (χ2n) is 9.07. The monoisotopic (exact) mass is 437 g/mol. The van der Waals surface area contributed by atoms with E-state index in [-0.39, 0.29) is 19.0 Å². The zero-order chi connectivity index (χ0) is 22.8. The first-order valence-corrected chi connectivity index (χ1v) is 10.5. The van der Waals surface area contributed by atoms with Crippen molar-refractivity contribution in [1.29, 1.82) is 0 Å². The standard InChI is InChI=1S/C22H23N5O5/c1-21-15-16-22(21,2)18(30)25-20(32)27(16)11-13(10-26(15)19(31)24-17(21)29)23-14(28)9-8-12-6-4-3-5-7-12/h3-9,13,15-16H,10-11H2,1-2H3,(H,23,28)(H,24,29,31)(H,25,30,32)/b9-8+. The smallest absolute Gasteiger partial charge is 0.324 e. The number of carbonyl (C=O) groups is 5. The number of fused-ring (bicyclic) bond motifs is 1. The van der Waals surface area contributed by atoms with Crippen LogP contribution >= 0.6 is 0 Å². The molecule has 4 fully saturated rings. The molecule has 0 bridgehead atoms. The minimum absolute atomic E-state index is 0.106. The highest BCUT2D eigenvalue weighted by atomic mass is 16.2. The van der Waals surface area contributed by atoms with Crippen LogP contribution in [0, 0.1) is 10.8 Å². The maximum Gasteiger partial charge on any atom is 0.324 e. The molecule has 5 rings (SSSR count). The molecule has 7 amide bonds. The molecule has 32 heavy (non-hydrogen) atoms. The Morgan fingerprint density at radius 1 is 0.938 bits per heavy atom. The largest absolute Gasteiger partial charge is 0.346 e. The topological polar surface area (TPSA) is 128 Å². The van der Waals surface area contributed by atoms with Gasteiger partial charge in [0.25, 0.3) is 0 Å². The summed E-state index contributed by atoms with van der Waals surface area (Å²) in [5.41, 5.74) is -1.53. The van der Waals surface area contributed by atoms with Gasteiger partial charge in [-0.15, -0.1) is 0 Å². The summed E-state index contributed by atoms with van der Waals surface area (Å²) in [6.45, 7) is 3.51. The maximum atomic E-state index is 12.8. The summed E-state index contributed by atoms with van der Waals surface area (Å²) in [6, 6.07) is 6.27. The lowest BCUT2D eigenvalue weighted by Crippen LogP contribution is -2.90. The van der Waals surface area contributed by atoms with Gasteiger partial charge in [-0.05, 0) is 25.5 Å². The zero-order valence-corrected chi connectivity index (χ0v) is 17.6. The van der Waals surface area contributed by atoms with E-state index in [1.165, 1.54) is 15.9 Å². The minimum Gasteiger partial charge on any atom is -0.346 e. The van der Waals surface area contributed by atoms with Crippen molar-refractivity contribution in [2.24, 2.45) is 10.8 Å². The quantitative estimate of drug-likeness (QED) is 0.577. The molecule has 1 aromatic rings. The molecule has 3 N–H and O–H groups in total. The van der Waals surface area contributed by atoms with Gasteiger partial charge in [0, 0.05) is 19.2 Å². The molecule has 10 nitrogen and oxygen atoms in total. The molecule has 0 aromatic heterocycles. The van der Waals surface area contributed by atoms with Crippen LogP contribution in [0.25, 0.3) is 6.08 Å². The van der Waals surface area contributed by atoms with Crippen LogP contribution in [0.1, 0.15) is 19.4 Å². The molecule has 4 unspecified atom stereocenters. The summed E-state index contributed by atoms with van der Waals surface area (Å²) >= 11 is 0. The number of amides is 7. The number of urea groups is 2. The molecule has 3 saturated heterocycles. The average molecular weight is 437 g/mol. The summed E-state index contributed by atoms with van der Waals surface area (Å²) in [7, 11) is 0. The van der Waals surface area contributed by atoms with Crippen LogP contribution < -0.4 is 16.0 Å². The van der Waals surface area contributed by atoms with Gasteiger partial charge in [0.05, 0.1) is 29.0 Å². The van der Waals surface area contributed by atoms with Crippen molar-refractivity contribution in [1.82, 2.24) is 25.8 Å². The third-order valence-corrected chi connectivity index (χ3v) is 7.55. The van der Waals surface area contributed by atoms with Crippen LogP contribution in [-0.4, -0.2) is 70.8 Å². The molecule has 0 radical (unpaired) electrons. The highest BCUT2D eigenvalue weighted by Crippen LogP contribution is 2.63. The fraction of sp³-hybridized carbons (Fsp3) is 0.409. The average Bonchev–Trinajstić information content (AvgIpc) is 2.93. The summed E-state index contributed by atoms with van der Waals surface area (Å²) in [6.07, 6.45) is 3.06. The van der Waals surface area contributed by atoms with Crippen molar-refractivity contribution in [2.45, 2.75) is 32.0 Å². The molecule has 1 saturated carbocycles. The van der Waals surface area contributed by atoms with Crippen LogP contribution in [0.5, 0.6) is 0 Å². The molecule has 3 aliphatic heterocycles. The third kappa shape index (κ3) is 2.49. The van der Waals surface area contributed by atoms with E-state index in [1.54, 1.807) is 19.9 Å². The maximum absolute atomic E-state index is 12.8. The number of nitrogens with zero attached hydrogens (tertiary/aromatic N) is 2. The Morgan fingerprint density at radius 2 is 1.44 bits per heavy atom. The van der Waals surface area contributed by atoms with Crippen LogP contribution in [0.2, 0.25) is 0 Å². The number of nitrogens with one attached hydrogen (secondary N) is 3. The van der Waals surface area contributed by atoms with Crippen molar-refractivity contribution in [3.05, 3.63) is 42.0 Å². The Hall–Kier alpha value is -3.69. The lowest BCUT2D eigenvalue weighted by molar-refractivity contribution is -0.209. The molecule has 166 valence electrons. The van der Waals surface area contributed by atoms with Crippen molar-refractivity contribution in [3.8, 4) is 0 Å². The van der Waals surface area contributed by atoms with Crippen LogP contribution in [0.3, 0.4) is 0 Å². The van der Waals surface area contributed by atoms with Gasteiger partial charge in [-0.3, -0.25) is 25.0 Å². The molecule has 4 atom stereocenters. The van der Waals surface area contributed by atoms with E-state index >= 15 is 0 Å². The Kier molecular flexibility index (Phi) is 4.20. The zero-order valence-electron chi connectivity index (χ0n) is 17.6. The Bertz CT molecular complexity index is 1030. The van der Waals surface area contributed by atoms with E-state index in [9.17, 15) is 24.0 Å². The Morgan fingerprint density at radius 3 is 1.94 bits per heavy atom. The van der Waals surface area contributed by atoms with Crippen LogP contribution in [-0.2, 0) is 14.4 Å². The number of hydrogen-bond donors (Lipinski definition) is 3. The molecular formula is C22H23N5O5. The highest BCUT2D eigenvalue weighted by molar-refractivity contribution is 6.11. The molecule has 1 aromatic carbocycles. The van der Waals surface area contributed by atoms with Gasteiger partial charge >= 0.3 is 12.1 Å². The first-order valence-electron chi connectivity index (χ1n) is 10.5. The number of hydrogen-bond acceptors (Lipinski definition) is 5. The summed E-state index contributed by atoms with van der Waals surface area (Å²) in [5.74, 6) is -1.43. The van der Waals surface area contributed by atoms with E-state index in [1.807, 2.05) is 30.3 Å². The second-order valence-corrected chi connectivity index (χ2v) is 9.07. The lowest BCUT2D eigenvalue weighted by atomic mass is 9.42. The van der Waals surface area contributed by atoms with Gasteiger partial charge in [-0.1, -0.05) is 30.3 Å². The number of imide groups is 2. The van der Waals surface area contributed by atoms with Gasteiger partial charge < -0.3 is 15.1 Å². The number of carbonyl (C=O) groups excluding carboxylic acids is 5. The lowest BCUT2D eigenvalue weighted by Gasteiger charge is -2.70. The highest BCUT2D eigenvalue weighted by Gasteiger charge is 2.81. The van der Waals surface area contributed by atoms with E-state index in [2.05, 4.69) is 16.0 Å². The second kappa shape index (κ2) is 6.65. The van der Waals surface area contributed by atoms with Gasteiger partial charge in [0.15, 0.2) is 0 Å².